The number of anilines is 1. The number of likely N-dealkylation sites (tertiary alicyclic amines) is 1. The highest BCUT2D eigenvalue weighted by Gasteiger charge is 2.28. The fourth-order valence-electron chi connectivity index (χ4n) is 2.60. The van der Waals surface area contributed by atoms with Crippen molar-refractivity contribution in [1.82, 2.24) is 4.90 Å². The molecule has 3 nitrogen and oxygen atoms in total. The minimum atomic E-state index is 0.124. The van der Waals surface area contributed by atoms with E-state index in [1.807, 2.05) is 24.0 Å². The summed E-state index contributed by atoms with van der Waals surface area (Å²) in [5.41, 5.74) is 8.19. The van der Waals surface area contributed by atoms with Crippen LogP contribution in [0, 0.1) is 12.8 Å². The van der Waals surface area contributed by atoms with Crippen LogP contribution in [0.25, 0.3) is 0 Å². The topological polar surface area (TPSA) is 46.3 Å². The molecule has 2 atom stereocenters. The first-order valence-electron chi connectivity index (χ1n) is 6.66. The number of carbonyl (C=O) groups excluding carboxylic acids is 1. The fraction of sp³-hybridized carbons (Fsp3) is 0.533. The summed E-state index contributed by atoms with van der Waals surface area (Å²) >= 11 is 0. The van der Waals surface area contributed by atoms with E-state index in [4.69, 9.17) is 5.73 Å². The molecule has 1 aromatic carbocycles. The summed E-state index contributed by atoms with van der Waals surface area (Å²) in [6, 6.07) is 5.88. The summed E-state index contributed by atoms with van der Waals surface area (Å²) in [7, 11) is 0. The smallest absolute Gasteiger partial charge is 0.254 e. The van der Waals surface area contributed by atoms with Gasteiger partial charge in [-0.3, -0.25) is 4.79 Å². The number of hydrogen-bond acceptors (Lipinski definition) is 2. The predicted molar refractivity (Wildman–Crippen MR) is 74.5 cm³/mol. The second-order valence-corrected chi connectivity index (χ2v) is 5.56. The molecule has 3 heteroatoms. The van der Waals surface area contributed by atoms with Crippen molar-refractivity contribution in [3.05, 3.63) is 29.3 Å². The standard InChI is InChI=1S/C15H22N2O/c1-10-4-6-12(3)17(9-10)15(18)14-8-13(16)7-5-11(14)2/h5,7-8,10,12H,4,6,9,16H2,1-3H3. The predicted octanol–water partition coefficient (Wildman–Crippen LogP) is 2.84. The Kier molecular flexibility index (Phi) is 3.60. The van der Waals surface area contributed by atoms with Gasteiger partial charge >= 0.3 is 0 Å². The molecule has 0 saturated carbocycles. The van der Waals surface area contributed by atoms with Crippen molar-refractivity contribution >= 4 is 11.6 Å². The Morgan fingerprint density at radius 1 is 1.33 bits per heavy atom. The Bertz CT molecular complexity index is 456. The zero-order valence-electron chi connectivity index (χ0n) is 11.4. The van der Waals surface area contributed by atoms with Crippen LogP contribution in [0.1, 0.15) is 42.6 Å². The monoisotopic (exact) mass is 246 g/mol. The number of benzene rings is 1. The van der Waals surface area contributed by atoms with E-state index in [1.54, 1.807) is 6.07 Å². The van der Waals surface area contributed by atoms with Gasteiger partial charge in [-0.1, -0.05) is 13.0 Å². The maximum Gasteiger partial charge on any atom is 0.254 e. The maximum atomic E-state index is 12.6. The fourth-order valence-corrected chi connectivity index (χ4v) is 2.60. The molecule has 0 bridgehead atoms. The van der Waals surface area contributed by atoms with E-state index in [0.717, 1.165) is 24.1 Å². The molecule has 1 aliphatic heterocycles. The minimum Gasteiger partial charge on any atom is -0.399 e. The number of carbonyl (C=O) groups is 1. The first kappa shape index (κ1) is 12.9. The Morgan fingerprint density at radius 3 is 2.78 bits per heavy atom. The average Bonchev–Trinajstić information content (AvgIpc) is 2.34. The number of nitrogens with two attached hydrogens (primary N) is 1. The van der Waals surface area contributed by atoms with Gasteiger partial charge in [0.1, 0.15) is 0 Å². The van der Waals surface area contributed by atoms with Crippen LogP contribution in [0.2, 0.25) is 0 Å². The Labute approximate surface area is 109 Å². The van der Waals surface area contributed by atoms with E-state index >= 15 is 0 Å². The lowest BCUT2D eigenvalue weighted by atomic mass is 9.94. The minimum absolute atomic E-state index is 0.124. The number of piperidine rings is 1. The second-order valence-electron chi connectivity index (χ2n) is 5.56. The van der Waals surface area contributed by atoms with Gasteiger partial charge in [0, 0.05) is 23.8 Å². The van der Waals surface area contributed by atoms with Crippen molar-refractivity contribution in [2.45, 2.75) is 39.7 Å². The van der Waals surface area contributed by atoms with Gasteiger partial charge in [0.2, 0.25) is 0 Å². The molecule has 98 valence electrons. The van der Waals surface area contributed by atoms with Crippen molar-refractivity contribution in [1.29, 1.82) is 0 Å². The number of aryl methyl sites for hydroxylation is 1. The lowest BCUT2D eigenvalue weighted by molar-refractivity contribution is 0.0573. The Morgan fingerprint density at radius 2 is 2.06 bits per heavy atom. The number of hydrogen-bond donors (Lipinski definition) is 1. The number of amides is 1. The van der Waals surface area contributed by atoms with Crippen molar-refractivity contribution in [3.8, 4) is 0 Å². The molecular formula is C15H22N2O. The highest BCUT2D eigenvalue weighted by molar-refractivity contribution is 5.96. The van der Waals surface area contributed by atoms with Crippen LogP contribution >= 0.6 is 0 Å². The molecule has 1 aliphatic rings. The first-order valence-corrected chi connectivity index (χ1v) is 6.66. The van der Waals surface area contributed by atoms with Gasteiger partial charge < -0.3 is 10.6 Å². The SMILES string of the molecule is Cc1ccc(N)cc1C(=O)N1CC(C)CCC1C. The van der Waals surface area contributed by atoms with Crippen LogP contribution in [0.5, 0.6) is 0 Å². The summed E-state index contributed by atoms with van der Waals surface area (Å²) in [6.45, 7) is 7.16. The third-order valence-electron chi connectivity index (χ3n) is 3.87. The molecule has 2 rings (SSSR count). The van der Waals surface area contributed by atoms with Gasteiger partial charge in [0.25, 0.3) is 5.91 Å². The molecule has 1 amide bonds. The molecule has 0 spiro atoms. The average molecular weight is 246 g/mol. The summed E-state index contributed by atoms with van der Waals surface area (Å²) in [6.07, 6.45) is 2.30. The largest absolute Gasteiger partial charge is 0.399 e. The van der Waals surface area contributed by atoms with Crippen molar-refractivity contribution < 1.29 is 4.79 Å². The van der Waals surface area contributed by atoms with Gasteiger partial charge in [0.15, 0.2) is 0 Å². The molecule has 1 heterocycles. The summed E-state index contributed by atoms with van der Waals surface area (Å²) in [5, 5.41) is 0. The van der Waals surface area contributed by atoms with E-state index in [0.29, 0.717) is 17.6 Å². The second kappa shape index (κ2) is 5.01. The summed E-state index contributed by atoms with van der Waals surface area (Å²) in [4.78, 5) is 14.6. The molecule has 1 saturated heterocycles. The maximum absolute atomic E-state index is 12.6. The first-order chi connectivity index (χ1) is 8.49. The van der Waals surface area contributed by atoms with Crippen molar-refractivity contribution in [2.75, 3.05) is 12.3 Å². The van der Waals surface area contributed by atoms with E-state index in [9.17, 15) is 4.79 Å². The van der Waals surface area contributed by atoms with E-state index in [-0.39, 0.29) is 5.91 Å². The molecular weight excluding hydrogens is 224 g/mol. The van der Waals surface area contributed by atoms with E-state index < -0.39 is 0 Å². The normalized spacial score (nSPS) is 24.1. The third kappa shape index (κ3) is 2.50. The number of nitrogen functional groups attached to an aromatic ring is 1. The van der Waals surface area contributed by atoms with Crippen molar-refractivity contribution in [3.63, 3.8) is 0 Å². The molecule has 18 heavy (non-hydrogen) atoms. The van der Waals surface area contributed by atoms with Crippen molar-refractivity contribution in [2.24, 2.45) is 5.92 Å². The highest BCUT2D eigenvalue weighted by Crippen LogP contribution is 2.24. The summed E-state index contributed by atoms with van der Waals surface area (Å²) in [5.74, 6) is 0.713. The van der Waals surface area contributed by atoms with Crippen LogP contribution in [-0.2, 0) is 0 Å². The molecule has 0 aromatic heterocycles. The third-order valence-corrected chi connectivity index (χ3v) is 3.87. The Hall–Kier alpha value is -1.51. The van der Waals surface area contributed by atoms with Crippen LogP contribution in [-0.4, -0.2) is 23.4 Å². The van der Waals surface area contributed by atoms with Gasteiger partial charge in [-0.25, -0.2) is 0 Å². The number of nitrogens with zero attached hydrogens (tertiary/aromatic N) is 1. The van der Waals surface area contributed by atoms with Gasteiger partial charge in [0.05, 0.1) is 0 Å². The molecule has 1 aromatic rings. The van der Waals surface area contributed by atoms with Gasteiger partial charge in [-0.2, -0.15) is 0 Å². The molecule has 1 fully saturated rings. The quantitative estimate of drug-likeness (QED) is 0.774. The van der Waals surface area contributed by atoms with Crippen LogP contribution in [0.3, 0.4) is 0 Å². The van der Waals surface area contributed by atoms with Gasteiger partial charge in [-0.05, 0) is 50.3 Å². The van der Waals surface area contributed by atoms with Crippen LogP contribution in [0.4, 0.5) is 5.69 Å². The zero-order valence-corrected chi connectivity index (χ0v) is 11.4. The molecule has 2 N–H and O–H groups in total. The summed E-state index contributed by atoms with van der Waals surface area (Å²) < 4.78 is 0. The Balaban J connectivity index is 2.27. The molecule has 0 radical (unpaired) electrons. The molecule has 0 aliphatic carbocycles. The zero-order chi connectivity index (χ0) is 13.3. The van der Waals surface area contributed by atoms with E-state index in [1.165, 1.54) is 6.42 Å². The lowest BCUT2D eigenvalue weighted by Crippen LogP contribution is -2.45. The number of rotatable bonds is 1. The van der Waals surface area contributed by atoms with Gasteiger partial charge in [-0.15, -0.1) is 0 Å². The van der Waals surface area contributed by atoms with E-state index in [2.05, 4.69) is 13.8 Å². The molecule has 2 unspecified atom stereocenters. The van der Waals surface area contributed by atoms with Crippen LogP contribution in [0.15, 0.2) is 18.2 Å². The lowest BCUT2D eigenvalue weighted by Gasteiger charge is -2.37. The highest BCUT2D eigenvalue weighted by atomic mass is 16.2. The van der Waals surface area contributed by atoms with Crippen LogP contribution < -0.4 is 5.73 Å².